The van der Waals surface area contributed by atoms with Crippen molar-refractivity contribution in [2.24, 2.45) is 16.5 Å². The summed E-state index contributed by atoms with van der Waals surface area (Å²) in [7, 11) is 0. The van der Waals surface area contributed by atoms with Gasteiger partial charge in [-0.3, -0.25) is 24.0 Å². The minimum Gasteiger partial charge on any atom is -0.454 e. The highest BCUT2D eigenvalue weighted by Gasteiger charge is 2.55. The van der Waals surface area contributed by atoms with Crippen molar-refractivity contribution in [2.75, 3.05) is 19.9 Å². The third-order valence-corrected chi connectivity index (χ3v) is 11.4. The van der Waals surface area contributed by atoms with Crippen LogP contribution in [0.4, 0.5) is 0 Å². The average Bonchev–Trinajstić information content (AvgIpc) is 3.91. The first-order chi connectivity index (χ1) is 26.7. The number of carbonyl (C=O) groups excluding carboxylic acids is 5. The maximum absolute atomic E-state index is 14.7. The topological polar surface area (TPSA) is 165 Å². The highest BCUT2D eigenvalue weighted by molar-refractivity contribution is 6.38. The van der Waals surface area contributed by atoms with E-state index in [1.54, 1.807) is 18.2 Å². The number of amides is 4. The van der Waals surface area contributed by atoms with Crippen LogP contribution in [0.1, 0.15) is 103 Å². The molecule has 1 spiro atoms. The number of ketones is 1. The first-order valence-corrected chi connectivity index (χ1v) is 20.2. The predicted molar refractivity (Wildman–Crippen MR) is 210 cm³/mol. The van der Waals surface area contributed by atoms with Gasteiger partial charge in [-0.1, -0.05) is 88.3 Å². The molecule has 3 N–H and O–H groups in total. The first-order valence-electron chi connectivity index (χ1n) is 19.9. The van der Waals surface area contributed by atoms with Gasteiger partial charge >= 0.3 is 0 Å². The molecule has 0 aromatic heterocycles. The zero-order valence-electron chi connectivity index (χ0n) is 32.8. The summed E-state index contributed by atoms with van der Waals surface area (Å²) in [6.07, 6.45) is 7.23. The van der Waals surface area contributed by atoms with Crippen molar-refractivity contribution >= 4 is 46.7 Å². The molecule has 4 aliphatic rings. The number of hydrogen-bond acceptors (Lipinski definition) is 9. The monoisotopic (exact) mass is 791 g/mol. The second kappa shape index (κ2) is 17.7. The third-order valence-electron chi connectivity index (χ3n) is 11.2. The Morgan fingerprint density at radius 2 is 1.77 bits per heavy atom. The second-order valence-electron chi connectivity index (χ2n) is 16.7. The van der Waals surface area contributed by atoms with Gasteiger partial charge in [0, 0.05) is 36.4 Å². The van der Waals surface area contributed by atoms with Crippen molar-refractivity contribution in [1.82, 2.24) is 20.9 Å². The molecule has 6 rings (SSSR count). The van der Waals surface area contributed by atoms with Gasteiger partial charge in [-0.05, 0) is 66.8 Å². The largest absolute Gasteiger partial charge is 0.454 e. The minimum absolute atomic E-state index is 0.0231. The number of carbonyl (C=O) groups is 5. The SMILES string of the molecule is CCC[C@H](NC(=O)[C@@H]1C[C@]2(CC(c3cccc(Cl)c3)=NO2)CN1C(=O)[C@@H](NC(=O)CC1CCCCC1)C(C)(C)C)C(=O)C(=O)NCCc1ccc2c(c1)OCO2. The highest BCUT2D eigenvalue weighted by Crippen LogP contribution is 2.40. The predicted octanol–water partition coefficient (Wildman–Crippen LogP) is 5.25. The molecule has 4 amide bonds. The number of benzene rings is 2. The van der Waals surface area contributed by atoms with E-state index in [9.17, 15) is 24.0 Å². The van der Waals surface area contributed by atoms with E-state index in [-0.39, 0.29) is 44.5 Å². The van der Waals surface area contributed by atoms with Crippen LogP contribution in [-0.4, -0.2) is 83.6 Å². The Labute approximate surface area is 333 Å². The number of hydrogen-bond donors (Lipinski definition) is 3. The van der Waals surface area contributed by atoms with Gasteiger partial charge in [0.1, 0.15) is 12.1 Å². The molecular weight excluding hydrogens is 738 g/mol. The Balaban J connectivity index is 1.17. The molecule has 0 unspecified atom stereocenters. The van der Waals surface area contributed by atoms with Crippen LogP contribution in [0.15, 0.2) is 47.6 Å². The minimum atomic E-state index is -1.12. The summed E-state index contributed by atoms with van der Waals surface area (Å²) in [6.45, 7) is 7.87. The van der Waals surface area contributed by atoms with Crippen molar-refractivity contribution in [3.8, 4) is 11.5 Å². The number of halogens is 1. The van der Waals surface area contributed by atoms with Crippen molar-refractivity contribution < 1.29 is 38.3 Å². The molecular formula is C42H54ClN5O8. The Morgan fingerprint density at radius 3 is 2.50 bits per heavy atom. The molecule has 4 atom stereocenters. The van der Waals surface area contributed by atoms with Crippen LogP contribution in [-0.2, 0) is 35.2 Å². The van der Waals surface area contributed by atoms with Crippen LogP contribution in [0, 0.1) is 11.3 Å². The van der Waals surface area contributed by atoms with E-state index < -0.39 is 52.6 Å². The number of rotatable bonds is 14. The van der Waals surface area contributed by atoms with Crippen molar-refractivity contribution in [3.05, 3.63) is 58.6 Å². The van der Waals surface area contributed by atoms with Gasteiger partial charge in [0.2, 0.25) is 30.3 Å². The van der Waals surface area contributed by atoms with Crippen molar-refractivity contribution in [3.63, 3.8) is 0 Å². The van der Waals surface area contributed by atoms with Crippen LogP contribution < -0.4 is 25.4 Å². The van der Waals surface area contributed by atoms with E-state index in [4.69, 9.17) is 25.9 Å². The molecule has 2 aromatic rings. The Kier molecular flexibility index (Phi) is 12.9. The number of Topliss-reactive ketones (excluding diaryl/α,β-unsaturated/α-hetero) is 1. The molecule has 0 radical (unpaired) electrons. The molecule has 14 heteroatoms. The van der Waals surface area contributed by atoms with Gasteiger partial charge in [0.05, 0.1) is 18.3 Å². The lowest BCUT2D eigenvalue weighted by Crippen LogP contribution is -2.59. The quantitative estimate of drug-likeness (QED) is 0.219. The van der Waals surface area contributed by atoms with Crippen LogP contribution in [0.5, 0.6) is 11.5 Å². The van der Waals surface area contributed by atoms with E-state index in [0.717, 1.165) is 36.8 Å². The third kappa shape index (κ3) is 9.83. The fourth-order valence-corrected chi connectivity index (χ4v) is 8.32. The summed E-state index contributed by atoms with van der Waals surface area (Å²) in [6, 6.07) is 9.59. The van der Waals surface area contributed by atoms with Crippen LogP contribution in [0.2, 0.25) is 5.02 Å². The first kappa shape index (κ1) is 41.0. The van der Waals surface area contributed by atoms with Gasteiger partial charge < -0.3 is 35.2 Å². The zero-order chi connectivity index (χ0) is 40.0. The van der Waals surface area contributed by atoms with Crippen LogP contribution in [0.3, 0.4) is 0 Å². The highest BCUT2D eigenvalue weighted by atomic mass is 35.5. The Bertz CT molecular complexity index is 1840. The molecule has 2 aromatic carbocycles. The lowest BCUT2D eigenvalue weighted by Gasteiger charge is -2.36. The molecule has 56 heavy (non-hydrogen) atoms. The van der Waals surface area contributed by atoms with E-state index in [0.29, 0.717) is 47.9 Å². The lowest BCUT2D eigenvalue weighted by atomic mass is 9.84. The smallest absolute Gasteiger partial charge is 0.289 e. The number of oxime groups is 1. The van der Waals surface area contributed by atoms with Crippen LogP contribution in [0.25, 0.3) is 0 Å². The fourth-order valence-electron chi connectivity index (χ4n) is 8.13. The number of ether oxygens (including phenoxy) is 2. The number of nitrogens with zero attached hydrogens (tertiary/aromatic N) is 2. The maximum atomic E-state index is 14.7. The van der Waals surface area contributed by atoms with E-state index in [1.165, 1.54) is 11.3 Å². The molecule has 1 aliphatic carbocycles. The van der Waals surface area contributed by atoms with Gasteiger partial charge in [0.25, 0.3) is 5.91 Å². The van der Waals surface area contributed by atoms with Crippen molar-refractivity contribution in [2.45, 2.75) is 122 Å². The molecule has 13 nitrogen and oxygen atoms in total. The molecule has 302 valence electrons. The standard InChI is InChI=1S/C42H54ClN5O8/c1-5-10-30(36(50)39(52)44-18-17-27-15-16-33-34(19-27)55-25-54-33)45-38(51)32-23-42(22-31(47-56-42)28-13-9-14-29(43)21-28)24-48(32)40(53)37(41(2,3)4)46-35(49)20-26-11-7-6-8-12-26/h9,13-16,19,21,26,30,32,37H,5-8,10-12,17-18,20,22-25H2,1-4H3,(H,44,52)(H,45,51)(H,46,49)/t30-,32-,37+,42+/m0/s1. The summed E-state index contributed by atoms with van der Waals surface area (Å²) in [5, 5.41) is 13.5. The summed E-state index contributed by atoms with van der Waals surface area (Å²) in [5.74, 6) is -1.24. The summed E-state index contributed by atoms with van der Waals surface area (Å²) in [5.41, 5.74) is 0.552. The fraction of sp³-hybridized carbons (Fsp3) is 0.571. The average molecular weight is 792 g/mol. The zero-order valence-corrected chi connectivity index (χ0v) is 33.5. The summed E-state index contributed by atoms with van der Waals surface area (Å²) in [4.78, 5) is 76.7. The number of nitrogens with one attached hydrogen (secondary N) is 3. The van der Waals surface area contributed by atoms with E-state index in [2.05, 4.69) is 21.1 Å². The summed E-state index contributed by atoms with van der Waals surface area (Å²) >= 11 is 6.28. The Hall–Kier alpha value is -4.65. The molecule has 1 saturated heterocycles. The Morgan fingerprint density at radius 1 is 1.00 bits per heavy atom. The van der Waals surface area contributed by atoms with Crippen molar-refractivity contribution in [1.29, 1.82) is 0 Å². The van der Waals surface area contributed by atoms with Gasteiger partial charge in [-0.2, -0.15) is 0 Å². The van der Waals surface area contributed by atoms with E-state index >= 15 is 0 Å². The number of likely N-dealkylation sites (tertiary alicyclic amines) is 1. The number of fused-ring (bicyclic) bond motifs is 1. The molecule has 3 heterocycles. The molecule has 1 saturated carbocycles. The van der Waals surface area contributed by atoms with E-state index in [1.807, 2.05) is 52.0 Å². The van der Waals surface area contributed by atoms with Crippen LogP contribution >= 0.6 is 11.6 Å². The molecule has 0 bridgehead atoms. The normalized spacial score (nSPS) is 21.6. The lowest BCUT2D eigenvalue weighted by molar-refractivity contribution is -0.145. The molecule has 2 fully saturated rings. The maximum Gasteiger partial charge on any atom is 0.289 e. The van der Waals surface area contributed by atoms with Gasteiger partial charge in [0.15, 0.2) is 17.1 Å². The van der Waals surface area contributed by atoms with Gasteiger partial charge in [-0.15, -0.1) is 0 Å². The second-order valence-corrected chi connectivity index (χ2v) is 17.1. The summed E-state index contributed by atoms with van der Waals surface area (Å²) < 4.78 is 10.8. The molecule has 3 aliphatic heterocycles. The van der Waals surface area contributed by atoms with Gasteiger partial charge in [-0.25, -0.2) is 0 Å².